The average molecular weight is 381 g/mol. The zero-order chi connectivity index (χ0) is 20.8. The highest BCUT2D eigenvalue weighted by molar-refractivity contribution is 6.11. The normalized spacial score (nSPS) is 19.5. The van der Waals surface area contributed by atoms with E-state index in [1.807, 2.05) is 49.7 Å². The maximum Gasteiger partial charge on any atom is 0.325 e. The van der Waals surface area contributed by atoms with Gasteiger partial charge in [-0.1, -0.05) is 38.1 Å². The van der Waals surface area contributed by atoms with Crippen LogP contribution in [0, 0.1) is 13.8 Å². The molecule has 1 aromatic heterocycles. The summed E-state index contributed by atoms with van der Waals surface area (Å²) in [6, 6.07) is 8.91. The lowest BCUT2D eigenvalue weighted by atomic mass is 9.90. The van der Waals surface area contributed by atoms with Crippen LogP contribution in [0.25, 0.3) is 0 Å². The van der Waals surface area contributed by atoms with Crippen molar-refractivity contribution in [3.8, 4) is 0 Å². The number of aromatic nitrogens is 1. The molecule has 6 nitrogen and oxygen atoms in total. The van der Waals surface area contributed by atoms with E-state index in [0.29, 0.717) is 17.0 Å². The Bertz CT molecular complexity index is 956. The molecule has 2 heterocycles. The summed E-state index contributed by atoms with van der Waals surface area (Å²) in [5.74, 6) is -0.278. The van der Waals surface area contributed by atoms with Crippen LogP contribution in [-0.4, -0.2) is 33.7 Å². The third-order valence-electron chi connectivity index (χ3n) is 5.81. The van der Waals surface area contributed by atoms with Crippen molar-refractivity contribution in [2.75, 3.05) is 6.54 Å². The highest BCUT2D eigenvalue weighted by atomic mass is 16.2. The molecule has 1 N–H and O–H groups in total. The molecule has 0 spiro atoms. The van der Waals surface area contributed by atoms with Crippen LogP contribution in [0.1, 0.15) is 59.6 Å². The number of ketones is 1. The van der Waals surface area contributed by atoms with Crippen LogP contribution in [-0.2, 0) is 17.4 Å². The van der Waals surface area contributed by atoms with Crippen LogP contribution < -0.4 is 5.32 Å². The number of hydrogen-bond donors (Lipinski definition) is 1. The van der Waals surface area contributed by atoms with Gasteiger partial charge in [-0.15, -0.1) is 0 Å². The summed E-state index contributed by atoms with van der Waals surface area (Å²) >= 11 is 0. The first kappa shape index (κ1) is 19.9. The van der Waals surface area contributed by atoms with E-state index < -0.39 is 17.5 Å². The Labute approximate surface area is 165 Å². The summed E-state index contributed by atoms with van der Waals surface area (Å²) in [4.78, 5) is 39.3. The second-order valence-corrected chi connectivity index (χ2v) is 7.99. The van der Waals surface area contributed by atoms with Gasteiger partial charge in [0, 0.05) is 24.0 Å². The zero-order valence-corrected chi connectivity index (χ0v) is 17.3. The van der Waals surface area contributed by atoms with Crippen LogP contribution in [0.5, 0.6) is 0 Å². The summed E-state index contributed by atoms with van der Waals surface area (Å²) in [6.07, 6.45) is 0. The van der Waals surface area contributed by atoms with Gasteiger partial charge in [-0.05, 0) is 43.9 Å². The Morgan fingerprint density at radius 2 is 1.75 bits per heavy atom. The number of rotatable bonds is 5. The number of nitrogens with one attached hydrogen (secondary N) is 1. The van der Waals surface area contributed by atoms with Crippen LogP contribution in [0.4, 0.5) is 4.79 Å². The van der Waals surface area contributed by atoms with Gasteiger partial charge in [0.2, 0.25) is 0 Å². The fourth-order valence-electron chi connectivity index (χ4n) is 3.60. The van der Waals surface area contributed by atoms with E-state index >= 15 is 0 Å². The second-order valence-electron chi connectivity index (χ2n) is 7.99. The minimum atomic E-state index is -1.17. The van der Waals surface area contributed by atoms with E-state index in [-0.39, 0.29) is 12.3 Å². The van der Waals surface area contributed by atoms with Gasteiger partial charge in [-0.3, -0.25) is 14.5 Å². The quantitative estimate of drug-likeness (QED) is 0.637. The number of carbonyl (C=O) groups is 3. The van der Waals surface area contributed by atoms with Gasteiger partial charge in [0.25, 0.3) is 5.91 Å². The van der Waals surface area contributed by atoms with Gasteiger partial charge in [0.05, 0.1) is 6.54 Å². The van der Waals surface area contributed by atoms with E-state index in [2.05, 4.69) is 19.2 Å². The summed E-state index contributed by atoms with van der Waals surface area (Å²) in [5.41, 5.74) is 3.00. The molecule has 0 radical (unpaired) electrons. The second kappa shape index (κ2) is 6.93. The number of nitrogens with zero attached hydrogens (tertiary/aromatic N) is 2. The van der Waals surface area contributed by atoms with Crippen molar-refractivity contribution in [1.82, 2.24) is 14.8 Å². The molecule has 0 bridgehead atoms. The van der Waals surface area contributed by atoms with Crippen molar-refractivity contribution in [2.24, 2.45) is 7.05 Å². The molecule has 0 saturated carbocycles. The van der Waals surface area contributed by atoms with Crippen molar-refractivity contribution in [3.05, 3.63) is 58.4 Å². The smallest absolute Gasteiger partial charge is 0.325 e. The maximum atomic E-state index is 13.1. The van der Waals surface area contributed by atoms with Crippen molar-refractivity contribution < 1.29 is 14.4 Å². The number of imide groups is 1. The fraction of sp³-hybridized carbons (Fsp3) is 0.409. The molecule has 1 aromatic carbocycles. The minimum absolute atomic E-state index is 0.246. The molecule has 3 amide bonds. The summed E-state index contributed by atoms with van der Waals surface area (Å²) in [6.45, 7) is 9.37. The molecular formula is C22H27N3O3. The molecule has 1 aliphatic rings. The van der Waals surface area contributed by atoms with Crippen molar-refractivity contribution in [3.63, 3.8) is 0 Å². The Morgan fingerprint density at radius 3 is 2.25 bits per heavy atom. The van der Waals surface area contributed by atoms with Crippen LogP contribution in [0.2, 0.25) is 0 Å². The Morgan fingerprint density at radius 1 is 1.14 bits per heavy atom. The van der Waals surface area contributed by atoms with E-state index in [9.17, 15) is 14.4 Å². The lowest BCUT2D eigenvalue weighted by Crippen LogP contribution is -2.41. The van der Waals surface area contributed by atoms with Gasteiger partial charge >= 0.3 is 6.03 Å². The largest absolute Gasteiger partial charge is 0.351 e. The lowest BCUT2D eigenvalue weighted by molar-refractivity contribution is -0.130. The fourth-order valence-corrected chi connectivity index (χ4v) is 3.60. The average Bonchev–Trinajstić information content (AvgIpc) is 3.04. The minimum Gasteiger partial charge on any atom is -0.351 e. The molecule has 2 aromatic rings. The molecule has 1 fully saturated rings. The van der Waals surface area contributed by atoms with Gasteiger partial charge in [0.15, 0.2) is 5.78 Å². The SMILES string of the molecule is Cc1cc(C(=O)CN2C(=O)N[C@@](C)(c3ccc(C(C)C)cc3)C2=O)c(C)n1C. The molecule has 148 valence electrons. The van der Waals surface area contributed by atoms with Crippen LogP contribution >= 0.6 is 0 Å². The molecule has 1 aliphatic heterocycles. The monoisotopic (exact) mass is 381 g/mol. The van der Waals surface area contributed by atoms with Gasteiger partial charge < -0.3 is 9.88 Å². The number of aryl methyl sites for hydroxylation is 1. The topological polar surface area (TPSA) is 71.4 Å². The third kappa shape index (κ3) is 3.13. The first-order valence-corrected chi connectivity index (χ1v) is 9.47. The highest BCUT2D eigenvalue weighted by Gasteiger charge is 2.49. The number of carbonyl (C=O) groups excluding carboxylic acids is 3. The Balaban J connectivity index is 1.84. The first-order chi connectivity index (χ1) is 13.1. The third-order valence-corrected chi connectivity index (χ3v) is 5.81. The molecule has 0 aliphatic carbocycles. The Kier molecular flexibility index (Phi) is 4.91. The summed E-state index contributed by atoms with van der Waals surface area (Å²) in [5, 5.41) is 2.76. The van der Waals surface area contributed by atoms with E-state index in [0.717, 1.165) is 21.9 Å². The van der Waals surface area contributed by atoms with Gasteiger partial charge in [0.1, 0.15) is 5.54 Å². The number of amides is 3. The molecule has 1 saturated heterocycles. The van der Waals surface area contributed by atoms with E-state index in [1.54, 1.807) is 13.0 Å². The molecule has 0 unspecified atom stereocenters. The predicted octanol–water partition coefficient (Wildman–Crippen LogP) is 3.42. The number of urea groups is 1. The first-order valence-electron chi connectivity index (χ1n) is 9.47. The Hall–Kier alpha value is -2.89. The van der Waals surface area contributed by atoms with Crippen molar-refractivity contribution in [1.29, 1.82) is 0 Å². The highest BCUT2D eigenvalue weighted by Crippen LogP contribution is 2.30. The predicted molar refractivity (Wildman–Crippen MR) is 107 cm³/mol. The summed E-state index contributed by atoms with van der Waals surface area (Å²) in [7, 11) is 1.88. The summed E-state index contributed by atoms with van der Waals surface area (Å²) < 4.78 is 1.92. The standard InChI is InChI=1S/C22H27N3O3/c1-13(2)16-7-9-17(10-8-16)22(5)20(27)25(21(28)23-22)12-19(26)18-11-14(3)24(6)15(18)4/h7-11,13H,12H2,1-6H3,(H,23,28)/t22-/m0/s1. The van der Waals surface area contributed by atoms with Crippen molar-refractivity contribution in [2.45, 2.75) is 46.1 Å². The maximum absolute atomic E-state index is 13.1. The van der Waals surface area contributed by atoms with Gasteiger partial charge in [-0.2, -0.15) is 0 Å². The van der Waals surface area contributed by atoms with E-state index in [1.165, 1.54) is 0 Å². The van der Waals surface area contributed by atoms with Gasteiger partial charge in [-0.25, -0.2) is 4.79 Å². The molecule has 1 atom stereocenters. The number of hydrogen-bond acceptors (Lipinski definition) is 3. The van der Waals surface area contributed by atoms with E-state index in [4.69, 9.17) is 0 Å². The van der Waals surface area contributed by atoms with Crippen molar-refractivity contribution >= 4 is 17.7 Å². The molecular weight excluding hydrogens is 354 g/mol. The zero-order valence-electron chi connectivity index (χ0n) is 17.3. The van der Waals surface area contributed by atoms with Crippen LogP contribution in [0.15, 0.2) is 30.3 Å². The number of benzene rings is 1. The molecule has 3 rings (SSSR count). The number of Topliss-reactive ketones (excluding diaryl/α,β-unsaturated/α-hetero) is 1. The lowest BCUT2D eigenvalue weighted by Gasteiger charge is -2.22. The molecule has 28 heavy (non-hydrogen) atoms. The molecule has 6 heteroatoms. The van der Waals surface area contributed by atoms with Crippen LogP contribution in [0.3, 0.4) is 0 Å².